The highest BCUT2D eigenvalue weighted by Crippen LogP contribution is 2.15. The van der Waals surface area contributed by atoms with Gasteiger partial charge in [-0.25, -0.2) is 0 Å². The fourth-order valence-electron chi connectivity index (χ4n) is 3.68. The van der Waals surface area contributed by atoms with Crippen molar-refractivity contribution in [3.8, 4) is 0 Å². The zero-order valence-corrected chi connectivity index (χ0v) is 19.8. The number of hydrogen-bond acceptors (Lipinski definition) is 8. The normalized spacial score (nSPS) is 21.4. The van der Waals surface area contributed by atoms with Crippen molar-refractivity contribution in [2.24, 2.45) is 5.92 Å². The van der Waals surface area contributed by atoms with E-state index < -0.39 is 29.9 Å². The Bertz CT molecular complexity index is 728. The minimum Gasteiger partial charge on any atom is -0.466 e. The molecule has 0 spiro atoms. The summed E-state index contributed by atoms with van der Waals surface area (Å²) < 4.78 is 10.3. The highest BCUT2D eigenvalue weighted by atomic mass is 16.5. The van der Waals surface area contributed by atoms with Crippen molar-refractivity contribution < 1.29 is 33.4 Å². The Hall–Kier alpha value is -2.69. The van der Waals surface area contributed by atoms with Gasteiger partial charge in [0.1, 0.15) is 12.1 Å². The molecule has 2 unspecified atom stereocenters. The molecule has 0 aliphatic carbocycles. The summed E-state index contributed by atoms with van der Waals surface area (Å²) in [7, 11) is 0. The molecule has 0 bridgehead atoms. The molecule has 2 rings (SSSR count). The maximum absolute atomic E-state index is 13.1. The summed E-state index contributed by atoms with van der Waals surface area (Å²) in [6, 6.07) is -1.80. The zero-order valence-electron chi connectivity index (χ0n) is 19.8. The van der Waals surface area contributed by atoms with Crippen molar-refractivity contribution in [2.75, 3.05) is 45.9 Å². The Kier molecular flexibility index (Phi) is 10.6. The van der Waals surface area contributed by atoms with Crippen LogP contribution in [-0.4, -0.2) is 97.5 Å². The number of piperazine rings is 2. The molecular weight excluding hydrogens is 432 g/mol. The number of hydrogen-bond donors (Lipinski definition) is 2. The first-order valence-corrected chi connectivity index (χ1v) is 11.6. The molecule has 2 aliphatic rings. The molecule has 33 heavy (non-hydrogen) atoms. The van der Waals surface area contributed by atoms with Crippen LogP contribution in [0, 0.1) is 5.92 Å². The predicted molar refractivity (Wildman–Crippen MR) is 118 cm³/mol. The highest BCUT2D eigenvalue weighted by molar-refractivity contribution is 5.93. The highest BCUT2D eigenvalue weighted by Gasteiger charge is 2.38. The topological polar surface area (TPSA) is 134 Å². The molecule has 2 aliphatic heterocycles. The van der Waals surface area contributed by atoms with Crippen LogP contribution in [0.15, 0.2) is 0 Å². The van der Waals surface area contributed by atoms with Crippen LogP contribution in [0.2, 0.25) is 0 Å². The minimum absolute atomic E-state index is 0.148. The maximum Gasteiger partial charge on any atom is 0.308 e. The lowest BCUT2D eigenvalue weighted by molar-refractivity contribution is -0.154. The van der Waals surface area contributed by atoms with Crippen LogP contribution in [0.5, 0.6) is 0 Å². The lowest BCUT2D eigenvalue weighted by Gasteiger charge is -2.38. The largest absolute Gasteiger partial charge is 0.466 e. The van der Waals surface area contributed by atoms with Crippen LogP contribution >= 0.6 is 0 Å². The first-order valence-electron chi connectivity index (χ1n) is 11.6. The summed E-state index contributed by atoms with van der Waals surface area (Å²) >= 11 is 0. The van der Waals surface area contributed by atoms with Gasteiger partial charge in [0.05, 0.1) is 32.6 Å². The number of amides is 3. The van der Waals surface area contributed by atoms with Crippen molar-refractivity contribution in [1.82, 2.24) is 20.4 Å². The van der Waals surface area contributed by atoms with Crippen molar-refractivity contribution in [3.05, 3.63) is 0 Å². The molecule has 0 aromatic carbocycles. The molecule has 0 saturated carbocycles. The molecule has 2 fully saturated rings. The van der Waals surface area contributed by atoms with Gasteiger partial charge < -0.3 is 25.0 Å². The third-order valence-electron chi connectivity index (χ3n) is 5.49. The van der Waals surface area contributed by atoms with Crippen LogP contribution in [0.3, 0.4) is 0 Å². The number of ether oxygens (including phenoxy) is 2. The van der Waals surface area contributed by atoms with Crippen LogP contribution in [0.4, 0.5) is 0 Å². The number of carbonyl (C=O) groups is 5. The van der Waals surface area contributed by atoms with Crippen LogP contribution in [-0.2, 0) is 33.4 Å². The zero-order chi connectivity index (χ0) is 24.4. The second kappa shape index (κ2) is 13.1. The molecule has 11 nitrogen and oxygen atoms in total. The van der Waals surface area contributed by atoms with Gasteiger partial charge in [0, 0.05) is 26.2 Å². The van der Waals surface area contributed by atoms with Gasteiger partial charge in [-0.2, -0.15) is 0 Å². The molecule has 186 valence electrons. The van der Waals surface area contributed by atoms with Gasteiger partial charge >= 0.3 is 11.9 Å². The standard InChI is InChI=1S/C22H36N4O7/c1-4-5-10-32-19(28)11-16-21(30)23-6-8-25(16)13-18(27)26-9-7-24-22(31)17(26)12-20(29)33-14-15(2)3/h15-17H,4-14H2,1-3H3,(H,23,30)(H,24,31). The lowest BCUT2D eigenvalue weighted by atomic mass is 10.1. The van der Waals surface area contributed by atoms with Crippen LogP contribution < -0.4 is 10.6 Å². The monoisotopic (exact) mass is 468 g/mol. The van der Waals surface area contributed by atoms with E-state index in [1.165, 1.54) is 4.90 Å². The van der Waals surface area contributed by atoms with E-state index in [2.05, 4.69) is 10.6 Å². The molecule has 3 amide bonds. The average molecular weight is 469 g/mol. The molecule has 0 aromatic rings. The van der Waals surface area contributed by atoms with Gasteiger partial charge in [-0.1, -0.05) is 27.2 Å². The van der Waals surface area contributed by atoms with Gasteiger partial charge in [0.25, 0.3) is 0 Å². The summed E-state index contributed by atoms with van der Waals surface area (Å²) in [5.74, 6) is -2.02. The number of esters is 2. The lowest BCUT2D eigenvalue weighted by Crippen LogP contribution is -2.62. The summed E-state index contributed by atoms with van der Waals surface area (Å²) in [5.41, 5.74) is 0. The molecular formula is C22H36N4O7. The SMILES string of the molecule is CCCCOC(=O)CC1C(=O)NCCN1CC(=O)N1CCNC(=O)C1CC(=O)OCC(C)C. The Morgan fingerprint density at radius 1 is 0.970 bits per heavy atom. The maximum atomic E-state index is 13.1. The number of carbonyl (C=O) groups excluding carboxylic acids is 5. The Labute approximate surface area is 194 Å². The minimum atomic E-state index is -0.970. The van der Waals surface area contributed by atoms with Gasteiger partial charge in [-0.15, -0.1) is 0 Å². The fourth-order valence-corrected chi connectivity index (χ4v) is 3.68. The van der Waals surface area contributed by atoms with Crippen molar-refractivity contribution >= 4 is 29.7 Å². The number of rotatable bonds is 11. The van der Waals surface area contributed by atoms with Crippen LogP contribution in [0.1, 0.15) is 46.5 Å². The molecule has 2 heterocycles. The molecule has 2 N–H and O–H groups in total. The Morgan fingerprint density at radius 2 is 1.58 bits per heavy atom. The molecule has 0 radical (unpaired) electrons. The van der Waals surface area contributed by atoms with Gasteiger partial charge in [0.2, 0.25) is 17.7 Å². The summed E-state index contributed by atoms with van der Waals surface area (Å²) in [6.45, 7) is 7.41. The van der Waals surface area contributed by atoms with Crippen LogP contribution in [0.25, 0.3) is 0 Å². The summed E-state index contributed by atoms with van der Waals surface area (Å²) in [5, 5.41) is 5.39. The third-order valence-corrected chi connectivity index (χ3v) is 5.49. The van der Waals surface area contributed by atoms with E-state index in [0.717, 1.165) is 12.8 Å². The van der Waals surface area contributed by atoms with Gasteiger partial charge in [-0.05, 0) is 12.3 Å². The van der Waals surface area contributed by atoms with E-state index in [1.54, 1.807) is 4.90 Å². The molecule has 11 heteroatoms. The second-order valence-electron chi connectivity index (χ2n) is 8.73. The van der Waals surface area contributed by atoms with E-state index in [9.17, 15) is 24.0 Å². The Balaban J connectivity index is 2.02. The van der Waals surface area contributed by atoms with Crippen molar-refractivity contribution in [3.63, 3.8) is 0 Å². The van der Waals surface area contributed by atoms with E-state index in [-0.39, 0.29) is 56.8 Å². The van der Waals surface area contributed by atoms with Crippen molar-refractivity contribution in [1.29, 1.82) is 0 Å². The smallest absolute Gasteiger partial charge is 0.308 e. The van der Waals surface area contributed by atoms with Crippen molar-refractivity contribution in [2.45, 2.75) is 58.5 Å². The predicted octanol–water partition coefficient (Wildman–Crippen LogP) is -0.563. The fraction of sp³-hybridized carbons (Fsp3) is 0.773. The Morgan fingerprint density at radius 3 is 2.24 bits per heavy atom. The summed E-state index contributed by atoms with van der Waals surface area (Å²) in [6.07, 6.45) is 1.22. The number of unbranched alkanes of at least 4 members (excludes halogenated alkanes) is 1. The van der Waals surface area contributed by atoms with E-state index in [4.69, 9.17) is 9.47 Å². The first kappa shape index (κ1) is 26.6. The average Bonchev–Trinajstić information content (AvgIpc) is 2.76. The second-order valence-corrected chi connectivity index (χ2v) is 8.73. The number of nitrogens with one attached hydrogen (secondary N) is 2. The van der Waals surface area contributed by atoms with E-state index in [1.807, 2.05) is 20.8 Å². The first-order chi connectivity index (χ1) is 15.7. The third kappa shape index (κ3) is 8.30. The summed E-state index contributed by atoms with van der Waals surface area (Å²) in [4.78, 5) is 65.3. The van der Waals surface area contributed by atoms with E-state index >= 15 is 0 Å². The quantitative estimate of drug-likeness (QED) is 0.304. The molecule has 2 atom stereocenters. The number of nitrogens with zero attached hydrogens (tertiary/aromatic N) is 2. The molecule has 0 aromatic heterocycles. The van der Waals surface area contributed by atoms with E-state index in [0.29, 0.717) is 19.7 Å². The van der Waals surface area contributed by atoms with Gasteiger partial charge in [-0.3, -0.25) is 28.9 Å². The molecule has 2 saturated heterocycles. The van der Waals surface area contributed by atoms with Gasteiger partial charge in [0.15, 0.2) is 0 Å².